The third-order valence-corrected chi connectivity index (χ3v) is 5.82. The first kappa shape index (κ1) is 16.6. The maximum atomic E-state index is 12.5. The lowest BCUT2D eigenvalue weighted by atomic mass is 10.0. The summed E-state index contributed by atoms with van der Waals surface area (Å²) in [6.07, 6.45) is -10.8. The quantitative estimate of drug-likeness (QED) is 0.372. The Morgan fingerprint density at radius 1 is 1.11 bits per heavy atom. The third kappa shape index (κ3) is 3.77. The molecular weight excluding hydrogens is 437 g/mol. The zero-order valence-corrected chi connectivity index (χ0v) is 12.8. The fourth-order valence-corrected chi connectivity index (χ4v) is 3.95. The minimum Gasteiger partial charge on any atom is -0.170 e. The smallest absolute Gasteiger partial charge is 0.170 e. The summed E-state index contributed by atoms with van der Waals surface area (Å²) in [6.45, 7) is 0. The van der Waals surface area contributed by atoms with E-state index in [4.69, 9.17) is 11.6 Å². The molecule has 0 saturated heterocycles. The molecule has 0 aromatic carbocycles. The average molecular weight is 440 g/mol. The Kier molecular flexibility index (Phi) is 5.06. The maximum Gasteiger partial charge on any atom is 0.401 e. The van der Waals surface area contributed by atoms with Crippen molar-refractivity contribution in [3.63, 3.8) is 0 Å². The number of rotatable bonds is 2. The SMILES string of the molecule is FC(F)(F)C(C(Br)c1cc(Cl)c(Br)s1)C(F)(F)F. The standard InChI is InChI=1S/C8H3Br2ClF6S/c9-4(3-1-2(11)6(10)18-3)5(7(12,13)14)8(15,16)17/h1,4-5H. The molecule has 18 heavy (non-hydrogen) atoms. The fraction of sp³-hybridized carbons (Fsp3) is 0.500. The minimum absolute atomic E-state index is 0.0718. The molecule has 0 fully saturated rings. The molecular formula is C8H3Br2ClF6S. The Bertz CT molecular complexity index is 393. The van der Waals surface area contributed by atoms with Crippen LogP contribution in [-0.2, 0) is 0 Å². The van der Waals surface area contributed by atoms with Gasteiger partial charge in [-0.25, -0.2) is 0 Å². The van der Waals surface area contributed by atoms with Crippen molar-refractivity contribution in [3.8, 4) is 0 Å². The first-order valence-corrected chi connectivity index (χ1v) is 7.07. The normalized spacial score (nSPS) is 15.2. The van der Waals surface area contributed by atoms with Crippen LogP contribution in [0.3, 0.4) is 0 Å². The summed E-state index contributed by atoms with van der Waals surface area (Å²) in [5, 5.41) is 0.0718. The first-order chi connectivity index (χ1) is 7.94. The predicted octanol–water partition coefficient (Wildman–Crippen LogP) is 6.34. The molecule has 10 heteroatoms. The lowest BCUT2D eigenvalue weighted by Gasteiger charge is -2.26. The second kappa shape index (κ2) is 5.49. The molecule has 0 nitrogen and oxygen atoms in total. The highest BCUT2D eigenvalue weighted by molar-refractivity contribution is 9.11. The van der Waals surface area contributed by atoms with Gasteiger partial charge in [0.05, 0.1) is 13.6 Å². The van der Waals surface area contributed by atoms with Crippen LogP contribution < -0.4 is 0 Å². The van der Waals surface area contributed by atoms with Crippen molar-refractivity contribution in [2.45, 2.75) is 17.2 Å². The lowest BCUT2D eigenvalue weighted by Crippen LogP contribution is -2.39. The summed E-state index contributed by atoms with van der Waals surface area (Å²) in [5.41, 5.74) is 0. The van der Waals surface area contributed by atoms with Crippen LogP contribution in [0.2, 0.25) is 5.02 Å². The van der Waals surface area contributed by atoms with Gasteiger partial charge in [0.1, 0.15) is 0 Å². The molecule has 1 aromatic heterocycles. The topological polar surface area (TPSA) is 0 Å². The number of halogens is 9. The summed E-state index contributed by atoms with van der Waals surface area (Å²) >= 11 is 11.7. The van der Waals surface area contributed by atoms with Gasteiger partial charge in [-0.05, 0) is 22.0 Å². The van der Waals surface area contributed by atoms with Crippen molar-refractivity contribution in [1.82, 2.24) is 0 Å². The number of hydrogen-bond acceptors (Lipinski definition) is 1. The summed E-state index contributed by atoms with van der Waals surface area (Å²) in [7, 11) is 0. The molecule has 0 aliphatic carbocycles. The van der Waals surface area contributed by atoms with Crippen LogP contribution in [0.25, 0.3) is 0 Å². The van der Waals surface area contributed by atoms with Crippen molar-refractivity contribution in [2.75, 3.05) is 0 Å². The zero-order chi connectivity index (χ0) is 14.3. The van der Waals surface area contributed by atoms with Crippen LogP contribution in [0.5, 0.6) is 0 Å². The maximum absolute atomic E-state index is 12.5. The van der Waals surface area contributed by atoms with Crippen LogP contribution in [0, 0.1) is 5.92 Å². The van der Waals surface area contributed by atoms with Crippen molar-refractivity contribution in [2.24, 2.45) is 5.92 Å². The molecule has 0 saturated carbocycles. The van der Waals surface area contributed by atoms with Gasteiger partial charge in [0, 0.05) is 4.88 Å². The Balaban J connectivity index is 3.15. The summed E-state index contributed by atoms with van der Waals surface area (Å²) in [6, 6.07) is 1.07. The molecule has 1 heterocycles. The highest BCUT2D eigenvalue weighted by atomic mass is 79.9. The van der Waals surface area contributed by atoms with E-state index in [1.165, 1.54) is 0 Å². The van der Waals surface area contributed by atoms with E-state index in [-0.39, 0.29) is 13.7 Å². The number of alkyl halides is 7. The number of thiophene rings is 1. The van der Waals surface area contributed by atoms with E-state index in [9.17, 15) is 26.3 Å². The average Bonchev–Trinajstić information content (AvgIpc) is 2.41. The van der Waals surface area contributed by atoms with Gasteiger partial charge in [0.2, 0.25) is 0 Å². The molecule has 0 spiro atoms. The van der Waals surface area contributed by atoms with Crippen molar-refractivity contribution in [1.29, 1.82) is 0 Å². The molecule has 0 aliphatic rings. The summed E-state index contributed by atoms with van der Waals surface area (Å²) in [4.78, 5) is -2.07. The molecule has 0 aliphatic heterocycles. The monoisotopic (exact) mass is 438 g/mol. The second-order valence-corrected chi connectivity index (χ2v) is 7.03. The van der Waals surface area contributed by atoms with Crippen LogP contribution in [-0.4, -0.2) is 12.4 Å². The highest BCUT2D eigenvalue weighted by Crippen LogP contribution is 2.52. The molecule has 1 aromatic rings. The van der Waals surface area contributed by atoms with Crippen LogP contribution in [0.15, 0.2) is 9.85 Å². The first-order valence-electron chi connectivity index (χ1n) is 4.17. The molecule has 0 radical (unpaired) electrons. The van der Waals surface area contributed by atoms with E-state index < -0.39 is 23.1 Å². The predicted molar refractivity (Wildman–Crippen MR) is 64.3 cm³/mol. The van der Waals surface area contributed by atoms with E-state index in [0.29, 0.717) is 0 Å². The second-order valence-electron chi connectivity index (χ2n) is 3.23. The van der Waals surface area contributed by atoms with Crippen molar-refractivity contribution >= 4 is 54.8 Å². The Morgan fingerprint density at radius 2 is 1.56 bits per heavy atom. The van der Waals surface area contributed by atoms with Crippen LogP contribution >= 0.6 is 54.8 Å². The largest absolute Gasteiger partial charge is 0.401 e. The minimum atomic E-state index is -5.39. The molecule has 0 bridgehead atoms. The molecule has 1 rings (SSSR count). The van der Waals surface area contributed by atoms with E-state index in [2.05, 4.69) is 31.9 Å². The summed E-state index contributed by atoms with van der Waals surface area (Å²) in [5.74, 6) is -3.48. The van der Waals surface area contributed by atoms with Gasteiger partial charge >= 0.3 is 12.4 Å². The van der Waals surface area contributed by atoms with Crippen LogP contribution in [0.4, 0.5) is 26.3 Å². The third-order valence-electron chi connectivity index (χ3n) is 1.93. The molecule has 104 valence electrons. The van der Waals surface area contributed by atoms with Gasteiger partial charge in [-0.3, -0.25) is 0 Å². The Labute approximate surface area is 124 Å². The van der Waals surface area contributed by atoms with Gasteiger partial charge in [-0.15, -0.1) is 11.3 Å². The molecule has 1 unspecified atom stereocenters. The Hall–Kier alpha value is 0.530. The fourth-order valence-electron chi connectivity index (χ4n) is 1.18. The Morgan fingerprint density at radius 3 is 1.83 bits per heavy atom. The number of hydrogen-bond donors (Lipinski definition) is 0. The van der Waals surface area contributed by atoms with E-state index in [1.807, 2.05) is 0 Å². The van der Waals surface area contributed by atoms with Gasteiger partial charge < -0.3 is 0 Å². The molecule has 1 atom stereocenters. The van der Waals surface area contributed by atoms with Crippen molar-refractivity contribution < 1.29 is 26.3 Å². The van der Waals surface area contributed by atoms with Crippen LogP contribution in [0.1, 0.15) is 9.70 Å². The lowest BCUT2D eigenvalue weighted by molar-refractivity contribution is -0.283. The van der Waals surface area contributed by atoms with Gasteiger partial charge in [-0.2, -0.15) is 26.3 Å². The van der Waals surface area contributed by atoms with E-state index in [1.54, 1.807) is 0 Å². The molecule has 0 N–H and O–H groups in total. The molecule has 0 amide bonds. The van der Waals surface area contributed by atoms with Crippen molar-refractivity contribution in [3.05, 3.63) is 19.8 Å². The van der Waals surface area contributed by atoms with E-state index in [0.717, 1.165) is 17.4 Å². The van der Waals surface area contributed by atoms with Gasteiger partial charge in [0.15, 0.2) is 5.92 Å². The summed E-state index contributed by atoms with van der Waals surface area (Å²) < 4.78 is 75.1. The van der Waals surface area contributed by atoms with Gasteiger partial charge in [-0.1, -0.05) is 27.5 Å². The van der Waals surface area contributed by atoms with E-state index >= 15 is 0 Å². The highest BCUT2D eigenvalue weighted by Gasteiger charge is 2.60. The zero-order valence-electron chi connectivity index (χ0n) is 8.04. The van der Waals surface area contributed by atoms with Gasteiger partial charge in [0.25, 0.3) is 0 Å².